The Morgan fingerprint density at radius 1 is 1.07 bits per heavy atom. The molecule has 1 heterocycles. The molecule has 0 saturated carbocycles. The summed E-state index contributed by atoms with van der Waals surface area (Å²) in [5.41, 5.74) is 2.00. The summed E-state index contributed by atoms with van der Waals surface area (Å²) in [4.78, 5) is 15.0. The number of rotatable bonds is 7. The highest BCUT2D eigenvalue weighted by Crippen LogP contribution is 2.23. The summed E-state index contributed by atoms with van der Waals surface area (Å²) in [6, 6.07) is 15.4. The van der Waals surface area contributed by atoms with Gasteiger partial charge in [-0.05, 0) is 62.1 Å². The number of anilines is 2. The van der Waals surface area contributed by atoms with E-state index >= 15 is 0 Å². The van der Waals surface area contributed by atoms with Crippen LogP contribution in [0.15, 0.2) is 48.5 Å². The van der Waals surface area contributed by atoms with Gasteiger partial charge in [-0.15, -0.1) is 0 Å². The molecule has 1 amide bonds. The molecule has 0 radical (unpaired) electrons. The largest absolute Gasteiger partial charge is 0.497 e. The van der Waals surface area contributed by atoms with Gasteiger partial charge in [0, 0.05) is 30.5 Å². The van der Waals surface area contributed by atoms with Crippen LogP contribution >= 0.6 is 0 Å². The maximum absolute atomic E-state index is 12.6. The SMILES string of the molecule is CC[C@H](Oc1cccc(OC)c1)C(=O)Nc1ccc(N2CCCCC2)cc1. The van der Waals surface area contributed by atoms with Gasteiger partial charge in [0.1, 0.15) is 11.5 Å². The van der Waals surface area contributed by atoms with E-state index in [2.05, 4.69) is 22.3 Å². The molecular formula is C22H28N2O3. The van der Waals surface area contributed by atoms with E-state index in [4.69, 9.17) is 9.47 Å². The number of benzene rings is 2. The molecule has 5 heteroatoms. The van der Waals surface area contributed by atoms with Crippen molar-refractivity contribution in [2.75, 3.05) is 30.4 Å². The third kappa shape index (κ3) is 5.16. The number of nitrogens with one attached hydrogen (secondary N) is 1. The lowest BCUT2D eigenvalue weighted by atomic mass is 10.1. The zero-order chi connectivity index (χ0) is 19.1. The Hall–Kier alpha value is -2.69. The van der Waals surface area contributed by atoms with E-state index in [0.717, 1.165) is 18.8 Å². The van der Waals surface area contributed by atoms with Gasteiger partial charge in [-0.3, -0.25) is 4.79 Å². The quantitative estimate of drug-likeness (QED) is 0.783. The molecule has 0 aromatic heterocycles. The van der Waals surface area contributed by atoms with E-state index in [-0.39, 0.29) is 5.91 Å². The first kappa shape index (κ1) is 19.1. The van der Waals surface area contributed by atoms with Crippen molar-refractivity contribution in [3.8, 4) is 11.5 Å². The number of nitrogens with zero attached hydrogens (tertiary/aromatic N) is 1. The molecule has 1 aliphatic rings. The molecule has 1 saturated heterocycles. The molecule has 0 spiro atoms. The Labute approximate surface area is 161 Å². The van der Waals surface area contributed by atoms with Gasteiger partial charge in [-0.2, -0.15) is 0 Å². The normalized spacial score (nSPS) is 15.1. The second-order valence-corrected chi connectivity index (χ2v) is 6.78. The summed E-state index contributed by atoms with van der Waals surface area (Å²) in [7, 11) is 1.61. The number of hydrogen-bond acceptors (Lipinski definition) is 4. The van der Waals surface area contributed by atoms with Crippen molar-refractivity contribution < 1.29 is 14.3 Å². The lowest BCUT2D eigenvalue weighted by molar-refractivity contribution is -0.122. The van der Waals surface area contributed by atoms with Gasteiger partial charge in [0.05, 0.1) is 7.11 Å². The van der Waals surface area contributed by atoms with Gasteiger partial charge in [0.15, 0.2) is 6.10 Å². The second kappa shape index (κ2) is 9.31. The van der Waals surface area contributed by atoms with Gasteiger partial charge >= 0.3 is 0 Å². The molecular weight excluding hydrogens is 340 g/mol. The Kier molecular flexibility index (Phi) is 6.58. The van der Waals surface area contributed by atoms with Crippen LogP contribution in [-0.2, 0) is 4.79 Å². The van der Waals surface area contributed by atoms with Gasteiger partial charge in [-0.1, -0.05) is 13.0 Å². The van der Waals surface area contributed by atoms with Crippen LogP contribution < -0.4 is 19.7 Å². The Morgan fingerprint density at radius 3 is 2.44 bits per heavy atom. The number of methoxy groups -OCH3 is 1. The number of hydrogen-bond donors (Lipinski definition) is 1. The summed E-state index contributed by atoms with van der Waals surface area (Å²) >= 11 is 0. The first-order valence-corrected chi connectivity index (χ1v) is 9.66. The Balaban J connectivity index is 1.60. The fraction of sp³-hybridized carbons (Fsp3) is 0.409. The van der Waals surface area contributed by atoms with E-state index in [9.17, 15) is 4.79 Å². The molecule has 2 aromatic rings. The molecule has 3 rings (SSSR count). The minimum Gasteiger partial charge on any atom is -0.497 e. The van der Waals surface area contributed by atoms with Crippen molar-refractivity contribution in [3.63, 3.8) is 0 Å². The highest BCUT2D eigenvalue weighted by atomic mass is 16.5. The summed E-state index contributed by atoms with van der Waals surface area (Å²) in [6.45, 7) is 4.15. The first-order chi connectivity index (χ1) is 13.2. The first-order valence-electron chi connectivity index (χ1n) is 9.66. The maximum Gasteiger partial charge on any atom is 0.265 e. The predicted molar refractivity (Wildman–Crippen MR) is 109 cm³/mol. The van der Waals surface area contributed by atoms with Crippen LogP contribution in [0.1, 0.15) is 32.6 Å². The molecule has 1 aliphatic heterocycles. The van der Waals surface area contributed by atoms with Crippen molar-refractivity contribution in [1.29, 1.82) is 0 Å². The molecule has 1 atom stereocenters. The van der Waals surface area contributed by atoms with E-state index in [1.807, 2.05) is 37.3 Å². The second-order valence-electron chi connectivity index (χ2n) is 6.78. The third-order valence-corrected chi connectivity index (χ3v) is 4.84. The maximum atomic E-state index is 12.6. The van der Waals surface area contributed by atoms with Gasteiger partial charge in [0.25, 0.3) is 5.91 Å². The highest BCUT2D eigenvalue weighted by Gasteiger charge is 2.19. The van der Waals surface area contributed by atoms with Crippen LogP contribution in [0.4, 0.5) is 11.4 Å². The lowest BCUT2D eigenvalue weighted by Crippen LogP contribution is -2.32. The molecule has 144 valence electrons. The number of ether oxygens (including phenoxy) is 2. The summed E-state index contributed by atoms with van der Waals surface area (Å²) in [5.74, 6) is 1.18. The van der Waals surface area contributed by atoms with Crippen LogP contribution in [-0.4, -0.2) is 32.2 Å². The average molecular weight is 368 g/mol. The third-order valence-electron chi connectivity index (χ3n) is 4.84. The van der Waals surface area contributed by atoms with Crippen LogP contribution in [0.2, 0.25) is 0 Å². The van der Waals surface area contributed by atoms with Gasteiger partial charge in [-0.25, -0.2) is 0 Å². The number of carbonyl (C=O) groups is 1. The van der Waals surface area contributed by atoms with Crippen molar-refractivity contribution in [2.45, 2.75) is 38.7 Å². The molecule has 1 fully saturated rings. The molecule has 27 heavy (non-hydrogen) atoms. The van der Waals surface area contributed by atoms with Crippen molar-refractivity contribution in [3.05, 3.63) is 48.5 Å². The van der Waals surface area contributed by atoms with Crippen molar-refractivity contribution in [1.82, 2.24) is 0 Å². The Bertz CT molecular complexity index is 739. The molecule has 0 bridgehead atoms. The molecule has 2 aromatic carbocycles. The standard InChI is InChI=1S/C22H28N2O3/c1-3-21(27-20-9-7-8-19(16-20)26-2)22(25)23-17-10-12-18(13-11-17)24-14-5-4-6-15-24/h7-13,16,21H,3-6,14-15H2,1-2H3,(H,23,25)/t21-/m0/s1. The molecule has 5 nitrogen and oxygen atoms in total. The Morgan fingerprint density at radius 2 is 1.78 bits per heavy atom. The summed E-state index contributed by atoms with van der Waals surface area (Å²) in [6.07, 6.45) is 3.83. The number of carbonyl (C=O) groups excluding carboxylic acids is 1. The minimum absolute atomic E-state index is 0.147. The molecule has 1 N–H and O–H groups in total. The van der Waals surface area contributed by atoms with Crippen LogP contribution in [0.25, 0.3) is 0 Å². The number of amides is 1. The highest BCUT2D eigenvalue weighted by molar-refractivity contribution is 5.94. The monoisotopic (exact) mass is 368 g/mol. The van der Waals surface area contributed by atoms with E-state index < -0.39 is 6.10 Å². The fourth-order valence-corrected chi connectivity index (χ4v) is 3.29. The smallest absolute Gasteiger partial charge is 0.265 e. The van der Waals surface area contributed by atoms with Crippen molar-refractivity contribution >= 4 is 17.3 Å². The zero-order valence-electron chi connectivity index (χ0n) is 16.1. The topological polar surface area (TPSA) is 50.8 Å². The number of piperidine rings is 1. The lowest BCUT2D eigenvalue weighted by Gasteiger charge is -2.28. The predicted octanol–water partition coefficient (Wildman–Crippen LogP) is 4.48. The fourth-order valence-electron chi connectivity index (χ4n) is 3.29. The molecule has 0 unspecified atom stereocenters. The van der Waals surface area contributed by atoms with Crippen LogP contribution in [0, 0.1) is 0 Å². The van der Waals surface area contributed by atoms with Gasteiger partial charge in [0.2, 0.25) is 0 Å². The summed E-state index contributed by atoms with van der Waals surface area (Å²) < 4.78 is 11.1. The van der Waals surface area contributed by atoms with Crippen molar-refractivity contribution in [2.24, 2.45) is 0 Å². The average Bonchev–Trinajstić information content (AvgIpc) is 2.73. The van der Waals surface area contributed by atoms with Crippen LogP contribution in [0.3, 0.4) is 0 Å². The van der Waals surface area contributed by atoms with E-state index in [1.165, 1.54) is 24.9 Å². The van der Waals surface area contributed by atoms with Gasteiger partial charge < -0.3 is 19.7 Å². The summed E-state index contributed by atoms with van der Waals surface area (Å²) in [5, 5.41) is 2.96. The van der Waals surface area contributed by atoms with E-state index in [1.54, 1.807) is 13.2 Å². The zero-order valence-corrected chi connectivity index (χ0v) is 16.1. The molecule has 0 aliphatic carbocycles. The van der Waals surface area contributed by atoms with Crippen LogP contribution in [0.5, 0.6) is 11.5 Å². The van der Waals surface area contributed by atoms with E-state index in [0.29, 0.717) is 17.9 Å². The minimum atomic E-state index is -0.557.